The standard InChI is InChI=1S/C11H4Cl6N2/c12-1-5-4(2-18-3-19-5)6-7(13)9(15)11(17)10(16)8(6)14/h2-3H,1H2. The zero-order valence-corrected chi connectivity index (χ0v) is 13.6. The lowest BCUT2D eigenvalue weighted by atomic mass is 10.1. The molecule has 0 aliphatic rings. The molecule has 0 radical (unpaired) electrons. The molecule has 0 saturated heterocycles. The minimum absolute atomic E-state index is 0.103. The Labute approximate surface area is 139 Å². The zero-order valence-electron chi connectivity index (χ0n) is 9.02. The van der Waals surface area contributed by atoms with Crippen LogP contribution >= 0.6 is 69.6 Å². The fourth-order valence-electron chi connectivity index (χ4n) is 1.51. The lowest BCUT2D eigenvalue weighted by Crippen LogP contribution is -1.95. The molecule has 2 aromatic rings. The van der Waals surface area contributed by atoms with Crippen molar-refractivity contribution in [2.24, 2.45) is 0 Å². The maximum Gasteiger partial charge on any atom is 0.115 e. The highest BCUT2D eigenvalue weighted by Gasteiger charge is 2.22. The van der Waals surface area contributed by atoms with Crippen molar-refractivity contribution in [2.75, 3.05) is 0 Å². The molecule has 1 aromatic carbocycles. The van der Waals surface area contributed by atoms with Crippen molar-refractivity contribution in [1.82, 2.24) is 9.97 Å². The number of alkyl halides is 1. The SMILES string of the molecule is ClCc1ncncc1-c1c(Cl)c(Cl)c(Cl)c(Cl)c1Cl. The first-order chi connectivity index (χ1) is 8.99. The summed E-state index contributed by atoms with van der Waals surface area (Å²) in [6.45, 7) is 0. The molecule has 0 aliphatic carbocycles. The van der Waals surface area contributed by atoms with Crippen molar-refractivity contribution in [3.63, 3.8) is 0 Å². The molecule has 0 bridgehead atoms. The van der Waals surface area contributed by atoms with Gasteiger partial charge in [0, 0.05) is 17.3 Å². The first-order valence-electron chi connectivity index (χ1n) is 4.85. The van der Waals surface area contributed by atoms with E-state index in [-0.39, 0.29) is 31.0 Å². The van der Waals surface area contributed by atoms with Crippen LogP contribution in [0.3, 0.4) is 0 Å². The second kappa shape index (κ2) is 6.21. The summed E-state index contributed by atoms with van der Waals surface area (Å²) in [5.74, 6) is 0.169. The Morgan fingerprint density at radius 1 is 0.842 bits per heavy atom. The number of rotatable bonds is 2. The minimum atomic E-state index is 0.103. The second-order valence-corrected chi connectivity index (χ2v) is 5.62. The van der Waals surface area contributed by atoms with E-state index in [2.05, 4.69) is 9.97 Å². The Morgan fingerprint density at radius 3 is 1.89 bits per heavy atom. The van der Waals surface area contributed by atoms with Gasteiger partial charge in [-0.25, -0.2) is 9.97 Å². The first-order valence-corrected chi connectivity index (χ1v) is 7.28. The normalized spacial score (nSPS) is 10.8. The maximum absolute atomic E-state index is 6.18. The van der Waals surface area contributed by atoms with Crippen molar-refractivity contribution < 1.29 is 0 Å². The van der Waals surface area contributed by atoms with Crippen LogP contribution < -0.4 is 0 Å². The molecule has 0 atom stereocenters. The van der Waals surface area contributed by atoms with Gasteiger partial charge in [-0.3, -0.25) is 0 Å². The smallest absolute Gasteiger partial charge is 0.115 e. The van der Waals surface area contributed by atoms with Gasteiger partial charge in [0.05, 0.1) is 36.7 Å². The molecule has 19 heavy (non-hydrogen) atoms. The third kappa shape index (κ3) is 2.76. The average molecular weight is 377 g/mol. The number of halogens is 6. The van der Waals surface area contributed by atoms with E-state index in [1.807, 2.05) is 0 Å². The number of aromatic nitrogens is 2. The van der Waals surface area contributed by atoms with Gasteiger partial charge in [-0.05, 0) is 0 Å². The van der Waals surface area contributed by atoms with Gasteiger partial charge in [0.2, 0.25) is 0 Å². The molecular weight excluding hydrogens is 373 g/mol. The van der Waals surface area contributed by atoms with Gasteiger partial charge in [0.15, 0.2) is 0 Å². The first kappa shape index (κ1) is 15.4. The van der Waals surface area contributed by atoms with Crippen LogP contribution in [0.25, 0.3) is 11.1 Å². The fourth-order valence-corrected chi connectivity index (χ4v) is 3.07. The Morgan fingerprint density at radius 2 is 1.37 bits per heavy atom. The number of hydrogen-bond acceptors (Lipinski definition) is 2. The highest BCUT2D eigenvalue weighted by molar-refractivity contribution is 6.56. The van der Waals surface area contributed by atoms with E-state index in [0.29, 0.717) is 16.8 Å². The van der Waals surface area contributed by atoms with Gasteiger partial charge in [-0.1, -0.05) is 58.0 Å². The van der Waals surface area contributed by atoms with E-state index in [1.54, 1.807) is 6.20 Å². The molecule has 8 heteroatoms. The van der Waals surface area contributed by atoms with Crippen LogP contribution in [-0.4, -0.2) is 9.97 Å². The predicted octanol–water partition coefficient (Wildman–Crippen LogP) is 6.15. The van der Waals surface area contributed by atoms with Crippen molar-refractivity contribution >= 4 is 69.6 Å². The van der Waals surface area contributed by atoms with E-state index in [1.165, 1.54) is 6.33 Å². The van der Waals surface area contributed by atoms with Gasteiger partial charge in [0.25, 0.3) is 0 Å². The molecule has 0 aliphatic heterocycles. The summed E-state index contributed by atoms with van der Waals surface area (Å²) in [5, 5.41) is 0.713. The molecule has 0 unspecified atom stereocenters. The van der Waals surface area contributed by atoms with E-state index < -0.39 is 0 Å². The van der Waals surface area contributed by atoms with Gasteiger partial charge < -0.3 is 0 Å². The highest BCUT2D eigenvalue weighted by atomic mass is 35.5. The van der Waals surface area contributed by atoms with E-state index >= 15 is 0 Å². The van der Waals surface area contributed by atoms with Crippen molar-refractivity contribution in [2.45, 2.75) is 5.88 Å². The Kier molecular flexibility index (Phi) is 5.04. The Bertz CT molecular complexity index is 614. The Hall–Kier alpha value is 0.0400. The van der Waals surface area contributed by atoms with Crippen LogP contribution in [0.15, 0.2) is 12.5 Å². The van der Waals surface area contributed by atoms with Crippen LogP contribution in [0.5, 0.6) is 0 Å². The average Bonchev–Trinajstić information content (AvgIpc) is 2.44. The topological polar surface area (TPSA) is 25.8 Å². The summed E-state index contributed by atoms with van der Waals surface area (Å²) in [5.41, 5.74) is 1.54. The van der Waals surface area contributed by atoms with Crippen LogP contribution in [0, 0.1) is 0 Å². The van der Waals surface area contributed by atoms with Crippen LogP contribution in [0.4, 0.5) is 0 Å². The molecule has 1 aromatic heterocycles. The lowest BCUT2D eigenvalue weighted by Gasteiger charge is -2.13. The number of hydrogen-bond donors (Lipinski definition) is 0. The zero-order chi connectivity index (χ0) is 14.2. The van der Waals surface area contributed by atoms with Gasteiger partial charge >= 0.3 is 0 Å². The summed E-state index contributed by atoms with van der Waals surface area (Å²) >= 11 is 36.2. The summed E-state index contributed by atoms with van der Waals surface area (Å²) in [7, 11) is 0. The van der Waals surface area contributed by atoms with Crippen molar-refractivity contribution in [1.29, 1.82) is 0 Å². The molecule has 0 amide bonds. The summed E-state index contributed by atoms with van der Waals surface area (Å²) in [4.78, 5) is 7.99. The van der Waals surface area contributed by atoms with Crippen molar-refractivity contribution in [3.8, 4) is 11.1 Å². The largest absolute Gasteiger partial charge is 0.244 e. The molecule has 0 spiro atoms. The molecular formula is C11H4Cl6N2. The van der Waals surface area contributed by atoms with Crippen LogP contribution in [-0.2, 0) is 5.88 Å². The molecule has 0 N–H and O–H groups in total. The summed E-state index contributed by atoms with van der Waals surface area (Å²) in [6, 6.07) is 0. The quantitative estimate of drug-likeness (QED) is 0.357. The maximum atomic E-state index is 6.18. The third-order valence-corrected chi connectivity index (χ3v) is 4.93. The van der Waals surface area contributed by atoms with Crippen LogP contribution in [0.1, 0.15) is 5.69 Å². The molecule has 1 heterocycles. The van der Waals surface area contributed by atoms with Gasteiger partial charge in [0.1, 0.15) is 6.33 Å². The van der Waals surface area contributed by atoms with E-state index in [4.69, 9.17) is 69.6 Å². The second-order valence-electron chi connectivity index (χ2n) is 3.46. The molecule has 2 rings (SSSR count). The highest BCUT2D eigenvalue weighted by Crippen LogP contribution is 2.48. The molecule has 100 valence electrons. The molecule has 0 fully saturated rings. The molecule has 0 saturated carbocycles. The summed E-state index contributed by atoms with van der Waals surface area (Å²) < 4.78 is 0. The van der Waals surface area contributed by atoms with E-state index in [0.717, 1.165) is 0 Å². The predicted molar refractivity (Wildman–Crippen MR) is 82.1 cm³/mol. The number of nitrogens with zero attached hydrogens (tertiary/aromatic N) is 2. The fraction of sp³-hybridized carbons (Fsp3) is 0.0909. The minimum Gasteiger partial charge on any atom is -0.244 e. The van der Waals surface area contributed by atoms with Gasteiger partial charge in [-0.15, -0.1) is 11.6 Å². The van der Waals surface area contributed by atoms with E-state index in [9.17, 15) is 0 Å². The summed E-state index contributed by atoms with van der Waals surface area (Å²) in [6.07, 6.45) is 2.92. The third-order valence-electron chi connectivity index (χ3n) is 2.40. The van der Waals surface area contributed by atoms with Crippen molar-refractivity contribution in [3.05, 3.63) is 43.3 Å². The van der Waals surface area contributed by atoms with Crippen LogP contribution in [0.2, 0.25) is 25.1 Å². The Balaban J connectivity index is 2.83. The monoisotopic (exact) mass is 374 g/mol. The lowest BCUT2D eigenvalue weighted by molar-refractivity contribution is 1.09. The number of benzene rings is 1. The van der Waals surface area contributed by atoms with Gasteiger partial charge in [-0.2, -0.15) is 0 Å². The molecule has 2 nitrogen and oxygen atoms in total.